The van der Waals surface area contributed by atoms with E-state index < -0.39 is 0 Å². The van der Waals surface area contributed by atoms with Gasteiger partial charge in [-0.25, -0.2) is 9.97 Å². The summed E-state index contributed by atoms with van der Waals surface area (Å²) < 4.78 is 11.5. The van der Waals surface area contributed by atoms with E-state index in [1.54, 1.807) is 23.4 Å². The van der Waals surface area contributed by atoms with E-state index >= 15 is 0 Å². The smallest absolute Gasteiger partial charge is 0.276 e. The van der Waals surface area contributed by atoms with Crippen molar-refractivity contribution in [2.45, 2.75) is 18.9 Å². The van der Waals surface area contributed by atoms with Gasteiger partial charge in [0.25, 0.3) is 11.8 Å². The maximum atomic E-state index is 12.9. The highest BCUT2D eigenvalue weighted by Gasteiger charge is 2.28. The molecule has 0 spiro atoms. The highest BCUT2D eigenvalue weighted by molar-refractivity contribution is 5.93. The average molecular weight is 393 g/mol. The molecule has 0 bridgehead atoms. The molecule has 0 aliphatic carbocycles. The zero-order valence-corrected chi connectivity index (χ0v) is 16.5. The molecule has 29 heavy (non-hydrogen) atoms. The molecule has 1 unspecified atom stereocenters. The van der Waals surface area contributed by atoms with E-state index in [0.29, 0.717) is 36.2 Å². The summed E-state index contributed by atoms with van der Waals surface area (Å²) in [6.07, 6.45) is 4.78. The first kappa shape index (κ1) is 18.9. The summed E-state index contributed by atoms with van der Waals surface area (Å²) in [5.41, 5.74) is 1.19. The van der Waals surface area contributed by atoms with Gasteiger partial charge in [-0.15, -0.1) is 0 Å². The standard InChI is InChI=1S/C21H23N5O3/c1-25(2)19-20(23-11-10-22-19)28-16-9-6-12-26(14-16)21(27)17-13-18(29-24-17)15-7-4-3-5-8-15/h3-5,7-8,10-11,13,16H,6,9,12,14H2,1-2H3. The average Bonchev–Trinajstić information content (AvgIpc) is 3.24. The number of amides is 1. The van der Waals surface area contributed by atoms with Gasteiger partial charge >= 0.3 is 0 Å². The van der Waals surface area contributed by atoms with Crippen LogP contribution in [0.2, 0.25) is 0 Å². The minimum absolute atomic E-state index is 0.149. The normalized spacial score (nSPS) is 16.5. The molecule has 1 fully saturated rings. The molecule has 1 aromatic carbocycles. The summed E-state index contributed by atoms with van der Waals surface area (Å²) in [5, 5.41) is 3.98. The Morgan fingerprint density at radius 1 is 1.21 bits per heavy atom. The van der Waals surface area contributed by atoms with Gasteiger partial charge in [0, 0.05) is 44.7 Å². The second-order valence-corrected chi connectivity index (χ2v) is 7.16. The van der Waals surface area contributed by atoms with E-state index in [0.717, 1.165) is 18.4 Å². The maximum absolute atomic E-state index is 12.9. The molecule has 2 aromatic heterocycles. The summed E-state index contributed by atoms with van der Waals surface area (Å²) in [4.78, 5) is 25.2. The number of benzene rings is 1. The van der Waals surface area contributed by atoms with Gasteiger partial charge in [0.05, 0.1) is 6.54 Å². The Morgan fingerprint density at radius 3 is 2.79 bits per heavy atom. The molecule has 4 rings (SSSR count). The van der Waals surface area contributed by atoms with Crippen LogP contribution in [-0.2, 0) is 0 Å². The van der Waals surface area contributed by atoms with Crippen molar-refractivity contribution in [2.75, 3.05) is 32.1 Å². The molecule has 8 heteroatoms. The third-order valence-electron chi connectivity index (χ3n) is 4.80. The van der Waals surface area contributed by atoms with Crippen LogP contribution in [-0.4, -0.2) is 59.2 Å². The van der Waals surface area contributed by atoms with Crippen molar-refractivity contribution in [3.63, 3.8) is 0 Å². The molecule has 8 nitrogen and oxygen atoms in total. The molecule has 0 N–H and O–H groups in total. The lowest BCUT2D eigenvalue weighted by atomic mass is 10.1. The summed E-state index contributed by atoms with van der Waals surface area (Å²) in [7, 11) is 3.78. The number of piperidine rings is 1. The van der Waals surface area contributed by atoms with Gasteiger partial charge in [0.2, 0.25) is 0 Å². The van der Waals surface area contributed by atoms with Crippen molar-refractivity contribution in [3.8, 4) is 17.2 Å². The zero-order chi connectivity index (χ0) is 20.2. The Hall–Kier alpha value is -3.42. The number of aromatic nitrogens is 3. The van der Waals surface area contributed by atoms with Gasteiger partial charge in [-0.3, -0.25) is 4.79 Å². The lowest BCUT2D eigenvalue weighted by Gasteiger charge is -2.32. The molecular weight excluding hydrogens is 370 g/mol. The van der Waals surface area contributed by atoms with Gasteiger partial charge in [0.15, 0.2) is 17.3 Å². The molecule has 1 amide bonds. The second-order valence-electron chi connectivity index (χ2n) is 7.16. The molecule has 1 saturated heterocycles. The van der Waals surface area contributed by atoms with Crippen molar-refractivity contribution in [1.82, 2.24) is 20.0 Å². The van der Waals surface area contributed by atoms with Crippen LogP contribution in [0.4, 0.5) is 5.82 Å². The molecule has 3 heterocycles. The molecule has 0 saturated carbocycles. The zero-order valence-electron chi connectivity index (χ0n) is 16.5. The van der Waals surface area contributed by atoms with Crippen molar-refractivity contribution >= 4 is 11.7 Å². The van der Waals surface area contributed by atoms with Gasteiger partial charge in [-0.05, 0) is 12.8 Å². The summed E-state index contributed by atoms with van der Waals surface area (Å²) in [6.45, 7) is 1.13. The lowest BCUT2D eigenvalue weighted by molar-refractivity contribution is 0.0519. The molecule has 1 aliphatic heterocycles. The van der Waals surface area contributed by atoms with Gasteiger partial charge in [-0.1, -0.05) is 35.5 Å². The molecule has 1 aliphatic rings. The fourth-order valence-corrected chi connectivity index (χ4v) is 3.36. The molecule has 150 valence electrons. The number of hydrogen-bond acceptors (Lipinski definition) is 7. The Morgan fingerprint density at radius 2 is 2.00 bits per heavy atom. The first-order valence-corrected chi connectivity index (χ1v) is 9.58. The third kappa shape index (κ3) is 4.21. The SMILES string of the molecule is CN(C)c1nccnc1OC1CCCN(C(=O)c2cc(-c3ccccc3)on2)C1. The van der Waals surface area contributed by atoms with Crippen LogP contribution >= 0.6 is 0 Å². The van der Waals surface area contributed by atoms with E-state index in [9.17, 15) is 4.79 Å². The predicted molar refractivity (Wildman–Crippen MR) is 108 cm³/mol. The summed E-state index contributed by atoms with van der Waals surface area (Å²) >= 11 is 0. The van der Waals surface area contributed by atoms with Crippen molar-refractivity contribution < 1.29 is 14.1 Å². The monoisotopic (exact) mass is 393 g/mol. The van der Waals surface area contributed by atoms with Crippen LogP contribution in [0.1, 0.15) is 23.3 Å². The van der Waals surface area contributed by atoms with Crippen molar-refractivity contribution in [2.24, 2.45) is 0 Å². The first-order chi connectivity index (χ1) is 14.1. The number of ether oxygens (including phenoxy) is 1. The Labute approximate surface area is 169 Å². The highest BCUT2D eigenvalue weighted by atomic mass is 16.5. The molecule has 3 aromatic rings. The van der Waals surface area contributed by atoms with Gasteiger partial charge in [0.1, 0.15) is 6.10 Å². The second kappa shape index (κ2) is 8.30. The number of rotatable bonds is 5. The maximum Gasteiger partial charge on any atom is 0.276 e. The molecule has 1 atom stereocenters. The number of nitrogens with zero attached hydrogens (tertiary/aromatic N) is 5. The van der Waals surface area contributed by atoms with Crippen LogP contribution in [0.3, 0.4) is 0 Å². The number of likely N-dealkylation sites (tertiary alicyclic amines) is 1. The fourth-order valence-electron chi connectivity index (χ4n) is 3.36. The van der Waals surface area contributed by atoms with Crippen molar-refractivity contribution in [3.05, 3.63) is 54.5 Å². The quantitative estimate of drug-likeness (QED) is 0.659. The van der Waals surface area contributed by atoms with Crippen LogP contribution in [0.15, 0.2) is 53.3 Å². The fraction of sp³-hybridized carbons (Fsp3) is 0.333. The molecule has 0 radical (unpaired) electrons. The lowest BCUT2D eigenvalue weighted by Crippen LogP contribution is -2.44. The summed E-state index contributed by atoms with van der Waals surface area (Å²) in [6, 6.07) is 11.3. The minimum Gasteiger partial charge on any atom is -0.470 e. The van der Waals surface area contributed by atoms with Gasteiger partial charge in [-0.2, -0.15) is 0 Å². The Balaban J connectivity index is 1.45. The van der Waals surface area contributed by atoms with E-state index in [1.165, 1.54) is 0 Å². The van der Waals surface area contributed by atoms with E-state index in [4.69, 9.17) is 9.26 Å². The van der Waals surface area contributed by atoms with E-state index in [2.05, 4.69) is 15.1 Å². The van der Waals surface area contributed by atoms with Crippen LogP contribution < -0.4 is 9.64 Å². The van der Waals surface area contributed by atoms with Crippen LogP contribution in [0, 0.1) is 0 Å². The molecular formula is C21H23N5O3. The Bertz CT molecular complexity index is 973. The van der Waals surface area contributed by atoms with E-state index in [1.807, 2.05) is 49.3 Å². The largest absolute Gasteiger partial charge is 0.470 e. The van der Waals surface area contributed by atoms with E-state index in [-0.39, 0.29) is 12.0 Å². The first-order valence-electron chi connectivity index (χ1n) is 9.58. The number of carbonyl (C=O) groups excluding carboxylic acids is 1. The number of anilines is 1. The summed E-state index contributed by atoms with van der Waals surface area (Å²) in [5.74, 6) is 1.56. The topological polar surface area (TPSA) is 84.6 Å². The van der Waals surface area contributed by atoms with Gasteiger partial charge < -0.3 is 19.1 Å². The van der Waals surface area contributed by atoms with Crippen LogP contribution in [0.5, 0.6) is 5.88 Å². The predicted octanol–water partition coefficient (Wildman–Crippen LogP) is 2.88. The number of hydrogen-bond donors (Lipinski definition) is 0. The highest BCUT2D eigenvalue weighted by Crippen LogP contribution is 2.25. The third-order valence-corrected chi connectivity index (χ3v) is 4.80. The van der Waals surface area contributed by atoms with Crippen LogP contribution in [0.25, 0.3) is 11.3 Å². The minimum atomic E-state index is -0.156. The Kier molecular flexibility index (Phi) is 5.41. The van der Waals surface area contributed by atoms with Crippen molar-refractivity contribution in [1.29, 1.82) is 0 Å². The number of carbonyl (C=O) groups is 1.